The quantitative estimate of drug-likeness (QED) is 0.898. The molecule has 0 saturated heterocycles. The molecule has 1 aromatic heterocycles. The van der Waals surface area contributed by atoms with Crippen molar-refractivity contribution >= 4 is 21.6 Å². The van der Waals surface area contributed by atoms with Gasteiger partial charge in [0.05, 0.1) is 18.5 Å². The van der Waals surface area contributed by atoms with Gasteiger partial charge in [0.15, 0.2) is 0 Å². The molecule has 0 saturated carbocycles. The van der Waals surface area contributed by atoms with Crippen molar-refractivity contribution in [2.24, 2.45) is 7.05 Å². The number of nitrogens with one attached hydrogen (secondary N) is 1. The molecule has 0 aliphatic rings. The fraction of sp³-hybridized carbons (Fsp3) is 0.333. The van der Waals surface area contributed by atoms with Crippen molar-refractivity contribution in [3.8, 4) is 5.75 Å². The van der Waals surface area contributed by atoms with Gasteiger partial charge in [0.2, 0.25) is 0 Å². The first kappa shape index (κ1) is 15.6. The van der Waals surface area contributed by atoms with Crippen molar-refractivity contribution in [1.82, 2.24) is 9.78 Å². The summed E-state index contributed by atoms with van der Waals surface area (Å²) in [5, 5.41) is 7.31. The van der Waals surface area contributed by atoms with Gasteiger partial charge >= 0.3 is 0 Å². The molecular formula is C15H18BrN3O2. The number of halogens is 1. The van der Waals surface area contributed by atoms with Gasteiger partial charge in [-0.25, -0.2) is 4.68 Å². The molecule has 112 valence electrons. The average molecular weight is 352 g/mol. The number of anilines is 1. The number of nitrogens with zero attached hydrogens (tertiary/aromatic N) is 2. The third-order valence-electron chi connectivity index (χ3n) is 3.12. The van der Waals surface area contributed by atoms with Gasteiger partial charge in [-0.05, 0) is 47.5 Å². The van der Waals surface area contributed by atoms with Gasteiger partial charge in [-0.2, -0.15) is 5.10 Å². The second kappa shape index (κ2) is 6.76. The lowest BCUT2D eigenvalue weighted by Gasteiger charge is -2.17. The van der Waals surface area contributed by atoms with E-state index in [1.165, 1.54) is 4.68 Å². The minimum absolute atomic E-state index is 0.0237. The van der Waals surface area contributed by atoms with E-state index in [4.69, 9.17) is 4.74 Å². The Bertz CT molecular complexity index is 685. The van der Waals surface area contributed by atoms with Crippen LogP contribution in [0.1, 0.15) is 25.5 Å². The Hall–Kier alpha value is -1.82. The van der Waals surface area contributed by atoms with Gasteiger partial charge in [-0.1, -0.05) is 12.1 Å². The molecule has 5 nitrogen and oxygen atoms in total. The van der Waals surface area contributed by atoms with Crippen LogP contribution in [0.2, 0.25) is 0 Å². The van der Waals surface area contributed by atoms with Crippen LogP contribution >= 0.6 is 15.9 Å². The average Bonchev–Trinajstić information content (AvgIpc) is 2.48. The molecule has 0 bridgehead atoms. The highest BCUT2D eigenvalue weighted by Gasteiger charge is 2.11. The molecule has 1 N–H and O–H groups in total. The lowest BCUT2D eigenvalue weighted by Crippen LogP contribution is -2.22. The second-order valence-electron chi connectivity index (χ2n) is 4.67. The van der Waals surface area contributed by atoms with Gasteiger partial charge in [0, 0.05) is 13.1 Å². The maximum atomic E-state index is 11.8. The van der Waals surface area contributed by atoms with E-state index in [1.54, 1.807) is 13.2 Å². The third-order valence-corrected chi connectivity index (χ3v) is 3.89. The fourth-order valence-electron chi connectivity index (χ4n) is 1.97. The maximum absolute atomic E-state index is 11.8. The molecule has 0 spiro atoms. The summed E-state index contributed by atoms with van der Waals surface area (Å²) in [6.45, 7) is 4.61. The van der Waals surface area contributed by atoms with Gasteiger partial charge in [0.25, 0.3) is 5.56 Å². The third kappa shape index (κ3) is 3.64. The molecule has 0 radical (unpaired) electrons. The Morgan fingerprint density at radius 3 is 2.95 bits per heavy atom. The zero-order valence-corrected chi connectivity index (χ0v) is 13.8. The molecule has 1 atom stereocenters. The van der Waals surface area contributed by atoms with Gasteiger partial charge in [-0.15, -0.1) is 0 Å². The summed E-state index contributed by atoms with van der Waals surface area (Å²) in [7, 11) is 1.62. The summed E-state index contributed by atoms with van der Waals surface area (Å²) >= 11 is 3.31. The van der Waals surface area contributed by atoms with E-state index in [1.807, 2.05) is 38.1 Å². The lowest BCUT2D eigenvalue weighted by molar-refractivity contribution is 0.340. The Labute approximate surface area is 132 Å². The number of aromatic nitrogens is 2. The SMILES string of the molecule is CCOc1cccc(C(C)Nc2cnn(C)c(=O)c2Br)c1. The van der Waals surface area contributed by atoms with Gasteiger partial charge in [-0.3, -0.25) is 4.79 Å². The van der Waals surface area contributed by atoms with E-state index < -0.39 is 0 Å². The molecule has 21 heavy (non-hydrogen) atoms. The molecule has 6 heteroatoms. The fourth-order valence-corrected chi connectivity index (χ4v) is 2.44. The molecule has 0 amide bonds. The molecule has 1 unspecified atom stereocenters. The first-order chi connectivity index (χ1) is 10.0. The number of hydrogen-bond acceptors (Lipinski definition) is 4. The van der Waals surface area contributed by atoms with Gasteiger partial charge in [0.1, 0.15) is 10.2 Å². The van der Waals surface area contributed by atoms with Crippen LogP contribution in [0, 0.1) is 0 Å². The first-order valence-corrected chi connectivity index (χ1v) is 7.53. The summed E-state index contributed by atoms with van der Waals surface area (Å²) < 4.78 is 7.27. The highest BCUT2D eigenvalue weighted by atomic mass is 79.9. The van der Waals surface area contributed by atoms with Crippen LogP contribution in [-0.2, 0) is 7.05 Å². The zero-order chi connectivity index (χ0) is 15.4. The van der Waals surface area contributed by atoms with E-state index in [-0.39, 0.29) is 11.6 Å². The largest absolute Gasteiger partial charge is 0.494 e. The monoisotopic (exact) mass is 351 g/mol. The summed E-state index contributed by atoms with van der Waals surface area (Å²) in [4.78, 5) is 11.8. The van der Waals surface area contributed by atoms with Crippen LogP contribution in [0.4, 0.5) is 5.69 Å². The molecule has 2 aromatic rings. The van der Waals surface area contributed by atoms with Crippen molar-refractivity contribution in [2.45, 2.75) is 19.9 Å². The molecule has 2 rings (SSSR count). The first-order valence-electron chi connectivity index (χ1n) is 6.74. The summed E-state index contributed by atoms with van der Waals surface area (Å²) in [6.07, 6.45) is 1.63. The number of hydrogen-bond donors (Lipinski definition) is 1. The molecule has 0 aliphatic carbocycles. The van der Waals surface area contributed by atoms with Crippen LogP contribution in [0.5, 0.6) is 5.75 Å². The number of ether oxygens (including phenoxy) is 1. The van der Waals surface area contributed by atoms with Crippen LogP contribution in [-0.4, -0.2) is 16.4 Å². The summed E-state index contributed by atoms with van der Waals surface area (Å²) in [5.41, 5.74) is 1.58. The predicted octanol–water partition coefficient (Wildman–Crippen LogP) is 3.11. The highest BCUT2D eigenvalue weighted by Crippen LogP contribution is 2.25. The summed E-state index contributed by atoms with van der Waals surface area (Å²) in [6, 6.07) is 7.91. The van der Waals surface area contributed by atoms with E-state index in [0.29, 0.717) is 16.8 Å². The Balaban J connectivity index is 2.22. The Kier molecular flexibility index (Phi) is 5.01. The summed E-state index contributed by atoms with van der Waals surface area (Å²) in [5.74, 6) is 0.838. The highest BCUT2D eigenvalue weighted by molar-refractivity contribution is 9.10. The number of benzene rings is 1. The molecular weight excluding hydrogens is 334 g/mol. The predicted molar refractivity (Wildman–Crippen MR) is 86.8 cm³/mol. The van der Waals surface area contributed by atoms with Crippen LogP contribution in [0.25, 0.3) is 0 Å². The van der Waals surface area contributed by atoms with Crippen molar-refractivity contribution < 1.29 is 4.74 Å². The standard InChI is InChI=1S/C15H18BrN3O2/c1-4-21-12-7-5-6-11(8-12)10(2)18-13-9-17-19(3)15(20)14(13)16/h5-10,18H,4H2,1-3H3. The normalized spacial score (nSPS) is 12.0. The molecule has 0 fully saturated rings. The second-order valence-corrected chi connectivity index (χ2v) is 5.47. The van der Waals surface area contributed by atoms with Gasteiger partial charge < -0.3 is 10.1 Å². The van der Waals surface area contributed by atoms with Crippen molar-refractivity contribution in [3.05, 3.63) is 50.9 Å². The van der Waals surface area contributed by atoms with E-state index >= 15 is 0 Å². The van der Waals surface area contributed by atoms with Crippen LogP contribution < -0.4 is 15.6 Å². The lowest BCUT2D eigenvalue weighted by atomic mass is 10.1. The molecule has 1 aromatic carbocycles. The molecule has 1 heterocycles. The van der Waals surface area contributed by atoms with Crippen molar-refractivity contribution in [1.29, 1.82) is 0 Å². The van der Waals surface area contributed by atoms with Crippen LogP contribution in [0.15, 0.2) is 39.7 Å². The number of rotatable bonds is 5. The van der Waals surface area contributed by atoms with E-state index in [0.717, 1.165) is 11.3 Å². The Morgan fingerprint density at radius 2 is 2.24 bits per heavy atom. The number of aryl methyl sites for hydroxylation is 1. The van der Waals surface area contributed by atoms with Crippen LogP contribution in [0.3, 0.4) is 0 Å². The smallest absolute Gasteiger partial charge is 0.282 e. The topological polar surface area (TPSA) is 56.1 Å². The van der Waals surface area contributed by atoms with E-state index in [2.05, 4.69) is 26.3 Å². The minimum atomic E-state index is -0.171. The minimum Gasteiger partial charge on any atom is -0.494 e. The van der Waals surface area contributed by atoms with E-state index in [9.17, 15) is 4.79 Å². The maximum Gasteiger partial charge on any atom is 0.282 e. The Morgan fingerprint density at radius 1 is 1.48 bits per heavy atom. The van der Waals surface area contributed by atoms with Crippen molar-refractivity contribution in [2.75, 3.05) is 11.9 Å². The zero-order valence-electron chi connectivity index (χ0n) is 12.3. The molecule has 0 aliphatic heterocycles. The van der Waals surface area contributed by atoms with Crippen molar-refractivity contribution in [3.63, 3.8) is 0 Å².